The van der Waals surface area contributed by atoms with Gasteiger partial charge in [-0.25, -0.2) is 4.98 Å². The Labute approximate surface area is 100 Å². The number of thiophene rings is 1. The number of nitrogens with zero attached hydrogens (tertiary/aromatic N) is 2. The molecule has 0 spiro atoms. The first-order valence-corrected chi connectivity index (χ1v) is 6.49. The summed E-state index contributed by atoms with van der Waals surface area (Å²) in [5.74, 6) is 0. The predicted molar refractivity (Wildman–Crippen MR) is 67.7 cm³/mol. The second-order valence-corrected chi connectivity index (χ2v) is 4.65. The van der Waals surface area contributed by atoms with Crippen molar-refractivity contribution >= 4 is 11.3 Å². The SMILES string of the molecule is CCCNC(c1ccsc1)c1cncn1C. The minimum absolute atomic E-state index is 0.263. The molecule has 2 aromatic heterocycles. The van der Waals surface area contributed by atoms with Crippen LogP contribution in [0.3, 0.4) is 0 Å². The molecule has 1 unspecified atom stereocenters. The van der Waals surface area contributed by atoms with Crippen LogP contribution in [0.25, 0.3) is 0 Å². The minimum Gasteiger partial charge on any atom is -0.336 e. The molecule has 16 heavy (non-hydrogen) atoms. The van der Waals surface area contributed by atoms with Gasteiger partial charge in [0.15, 0.2) is 0 Å². The molecular weight excluding hydrogens is 218 g/mol. The Morgan fingerprint density at radius 3 is 3.00 bits per heavy atom. The van der Waals surface area contributed by atoms with E-state index in [1.807, 2.05) is 19.6 Å². The van der Waals surface area contributed by atoms with Gasteiger partial charge in [-0.2, -0.15) is 11.3 Å². The van der Waals surface area contributed by atoms with Crippen LogP contribution in [0, 0.1) is 0 Å². The lowest BCUT2D eigenvalue weighted by molar-refractivity contribution is 0.571. The van der Waals surface area contributed by atoms with E-state index in [4.69, 9.17) is 0 Å². The first-order chi connectivity index (χ1) is 7.83. The number of hydrogen-bond acceptors (Lipinski definition) is 3. The fourth-order valence-electron chi connectivity index (χ4n) is 1.77. The van der Waals surface area contributed by atoms with Crippen LogP contribution in [-0.2, 0) is 7.05 Å². The summed E-state index contributed by atoms with van der Waals surface area (Å²) in [7, 11) is 2.04. The van der Waals surface area contributed by atoms with Gasteiger partial charge < -0.3 is 9.88 Å². The molecule has 0 saturated heterocycles. The van der Waals surface area contributed by atoms with E-state index in [2.05, 4.69) is 38.6 Å². The normalized spacial score (nSPS) is 12.9. The van der Waals surface area contributed by atoms with Crippen LogP contribution in [0.15, 0.2) is 29.4 Å². The van der Waals surface area contributed by atoms with Crippen LogP contribution < -0.4 is 5.32 Å². The fraction of sp³-hybridized carbons (Fsp3) is 0.417. The van der Waals surface area contributed by atoms with Gasteiger partial charge in [0.2, 0.25) is 0 Å². The highest BCUT2D eigenvalue weighted by Gasteiger charge is 2.16. The average molecular weight is 235 g/mol. The van der Waals surface area contributed by atoms with Crippen LogP contribution in [-0.4, -0.2) is 16.1 Å². The van der Waals surface area contributed by atoms with Gasteiger partial charge in [0.05, 0.1) is 24.3 Å². The summed E-state index contributed by atoms with van der Waals surface area (Å²) >= 11 is 1.73. The topological polar surface area (TPSA) is 29.9 Å². The third-order valence-electron chi connectivity index (χ3n) is 2.62. The highest BCUT2D eigenvalue weighted by molar-refractivity contribution is 7.08. The first-order valence-electron chi connectivity index (χ1n) is 5.54. The molecule has 0 aliphatic heterocycles. The van der Waals surface area contributed by atoms with Crippen molar-refractivity contribution in [3.63, 3.8) is 0 Å². The highest BCUT2D eigenvalue weighted by Crippen LogP contribution is 2.23. The maximum atomic E-state index is 4.19. The molecule has 86 valence electrons. The number of rotatable bonds is 5. The molecule has 2 heterocycles. The van der Waals surface area contributed by atoms with E-state index >= 15 is 0 Å². The zero-order valence-electron chi connectivity index (χ0n) is 9.68. The van der Waals surface area contributed by atoms with Gasteiger partial charge >= 0.3 is 0 Å². The van der Waals surface area contributed by atoms with Gasteiger partial charge in [-0.3, -0.25) is 0 Å². The van der Waals surface area contributed by atoms with E-state index in [1.54, 1.807) is 11.3 Å². The summed E-state index contributed by atoms with van der Waals surface area (Å²) in [6.07, 6.45) is 4.92. The number of nitrogens with one attached hydrogen (secondary N) is 1. The van der Waals surface area contributed by atoms with E-state index < -0.39 is 0 Å². The summed E-state index contributed by atoms with van der Waals surface area (Å²) in [5.41, 5.74) is 2.54. The van der Waals surface area contributed by atoms with E-state index in [1.165, 1.54) is 11.3 Å². The summed E-state index contributed by atoms with van der Waals surface area (Å²) < 4.78 is 2.07. The molecule has 0 aromatic carbocycles. The summed E-state index contributed by atoms with van der Waals surface area (Å²) in [4.78, 5) is 4.19. The van der Waals surface area contributed by atoms with Gasteiger partial charge in [-0.1, -0.05) is 6.92 Å². The van der Waals surface area contributed by atoms with Crippen molar-refractivity contribution in [3.8, 4) is 0 Å². The summed E-state index contributed by atoms with van der Waals surface area (Å²) in [5, 5.41) is 7.87. The Balaban J connectivity index is 2.25. The van der Waals surface area contributed by atoms with Crippen LogP contribution in [0.2, 0.25) is 0 Å². The van der Waals surface area contributed by atoms with Crippen LogP contribution in [0.1, 0.15) is 30.6 Å². The minimum atomic E-state index is 0.263. The highest BCUT2D eigenvalue weighted by atomic mass is 32.1. The number of aromatic nitrogens is 2. The smallest absolute Gasteiger partial charge is 0.0946 e. The predicted octanol–water partition coefficient (Wildman–Crippen LogP) is 2.57. The molecule has 1 atom stereocenters. The molecule has 0 amide bonds. The van der Waals surface area contributed by atoms with Crippen molar-refractivity contribution in [1.82, 2.24) is 14.9 Å². The molecule has 2 aromatic rings. The van der Waals surface area contributed by atoms with Gasteiger partial charge in [0.25, 0.3) is 0 Å². The van der Waals surface area contributed by atoms with Gasteiger partial charge in [-0.15, -0.1) is 0 Å². The van der Waals surface area contributed by atoms with Gasteiger partial charge in [-0.05, 0) is 35.4 Å². The van der Waals surface area contributed by atoms with E-state index in [-0.39, 0.29) is 6.04 Å². The van der Waals surface area contributed by atoms with E-state index in [9.17, 15) is 0 Å². The third kappa shape index (κ3) is 2.33. The maximum Gasteiger partial charge on any atom is 0.0946 e. The molecule has 2 rings (SSSR count). The zero-order valence-corrected chi connectivity index (χ0v) is 10.5. The summed E-state index contributed by atoms with van der Waals surface area (Å²) in [6, 6.07) is 2.43. The maximum absolute atomic E-state index is 4.19. The molecule has 0 aliphatic carbocycles. The van der Waals surface area contributed by atoms with Crippen molar-refractivity contribution < 1.29 is 0 Å². The number of hydrogen-bond donors (Lipinski definition) is 1. The van der Waals surface area contributed by atoms with Gasteiger partial charge in [0, 0.05) is 7.05 Å². The Hall–Kier alpha value is -1.13. The van der Waals surface area contributed by atoms with Crippen LogP contribution in [0.5, 0.6) is 0 Å². The van der Waals surface area contributed by atoms with Crippen LogP contribution >= 0.6 is 11.3 Å². The molecule has 4 heteroatoms. The second-order valence-electron chi connectivity index (χ2n) is 3.87. The van der Waals surface area contributed by atoms with Crippen molar-refractivity contribution in [1.29, 1.82) is 0 Å². The van der Waals surface area contributed by atoms with Crippen molar-refractivity contribution in [2.75, 3.05) is 6.54 Å². The molecule has 3 nitrogen and oxygen atoms in total. The number of imidazole rings is 1. The number of aryl methyl sites for hydroxylation is 1. The van der Waals surface area contributed by atoms with E-state index in [0.717, 1.165) is 13.0 Å². The lowest BCUT2D eigenvalue weighted by atomic mass is 10.1. The average Bonchev–Trinajstić information content (AvgIpc) is 2.91. The summed E-state index contributed by atoms with van der Waals surface area (Å²) in [6.45, 7) is 3.20. The zero-order chi connectivity index (χ0) is 11.4. The fourth-order valence-corrected chi connectivity index (χ4v) is 2.45. The van der Waals surface area contributed by atoms with Crippen LogP contribution in [0.4, 0.5) is 0 Å². The molecule has 0 fully saturated rings. The second kappa shape index (κ2) is 5.27. The first kappa shape index (κ1) is 11.4. The third-order valence-corrected chi connectivity index (χ3v) is 3.33. The standard InChI is InChI=1S/C12H17N3S/c1-3-5-14-12(10-4-6-16-8-10)11-7-13-9-15(11)2/h4,6-9,12,14H,3,5H2,1-2H3. The Bertz CT molecular complexity index is 419. The monoisotopic (exact) mass is 235 g/mol. The van der Waals surface area contributed by atoms with Crippen molar-refractivity contribution in [2.24, 2.45) is 7.05 Å². The van der Waals surface area contributed by atoms with E-state index in [0.29, 0.717) is 0 Å². The Morgan fingerprint density at radius 1 is 1.56 bits per heavy atom. The molecule has 0 saturated carbocycles. The molecule has 0 radical (unpaired) electrons. The quantitative estimate of drug-likeness (QED) is 0.863. The molecular formula is C12H17N3S. The largest absolute Gasteiger partial charge is 0.336 e. The van der Waals surface area contributed by atoms with Gasteiger partial charge in [0.1, 0.15) is 0 Å². The molecule has 1 N–H and O–H groups in total. The molecule has 0 aliphatic rings. The Kier molecular flexibility index (Phi) is 3.74. The molecule has 0 bridgehead atoms. The lowest BCUT2D eigenvalue weighted by Gasteiger charge is -2.17. The Morgan fingerprint density at radius 2 is 2.44 bits per heavy atom. The van der Waals surface area contributed by atoms with Crippen molar-refractivity contribution in [3.05, 3.63) is 40.6 Å². The van der Waals surface area contributed by atoms with Crippen molar-refractivity contribution in [2.45, 2.75) is 19.4 Å². The lowest BCUT2D eigenvalue weighted by Crippen LogP contribution is -2.24.